The van der Waals surface area contributed by atoms with Crippen LogP contribution in [-0.2, 0) is 10.8 Å². The molecular weight excluding hydrogens is 234 g/mol. The van der Waals surface area contributed by atoms with Crippen LogP contribution in [-0.4, -0.2) is 19.2 Å². The van der Waals surface area contributed by atoms with Crippen molar-refractivity contribution in [3.63, 3.8) is 0 Å². The second kappa shape index (κ2) is 4.73. The first kappa shape index (κ1) is 15.9. The van der Waals surface area contributed by atoms with Crippen LogP contribution >= 0.6 is 0 Å². The second-order valence-corrected chi connectivity index (χ2v) is 7.71. The number of phenols is 1. The number of aromatic hydroxyl groups is 1. The molecule has 0 saturated carbocycles. The predicted octanol–water partition coefficient (Wildman–Crippen LogP) is 4.36. The summed E-state index contributed by atoms with van der Waals surface area (Å²) in [7, 11) is 3.94. The van der Waals surface area contributed by atoms with Crippen LogP contribution in [0.15, 0.2) is 6.07 Å². The van der Waals surface area contributed by atoms with Crippen molar-refractivity contribution in [3.8, 4) is 5.75 Å². The van der Waals surface area contributed by atoms with E-state index < -0.39 is 0 Å². The lowest BCUT2D eigenvalue weighted by molar-refractivity contribution is 0.435. The maximum absolute atomic E-state index is 10.7. The molecule has 0 radical (unpaired) electrons. The summed E-state index contributed by atoms with van der Waals surface area (Å²) in [5.41, 5.74) is 4.43. The third-order valence-electron chi connectivity index (χ3n) is 3.46. The van der Waals surface area contributed by atoms with Crippen LogP contribution in [0.1, 0.15) is 58.2 Å². The second-order valence-electron chi connectivity index (χ2n) is 7.71. The molecule has 108 valence electrons. The molecule has 0 aromatic heterocycles. The van der Waals surface area contributed by atoms with E-state index >= 15 is 0 Å². The lowest BCUT2D eigenvalue weighted by Gasteiger charge is -2.34. The summed E-state index contributed by atoms with van der Waals surface area (Å²) in [6, 6.07) is 2.09. The molecule has 0 saturated heterocycles. The van der Waals surface area contributed by atoms with Gasteiger partial charge >= 0.3 is 0 Å². The van der Waals surface area contributed by atoms with E-state index in [4.69, 9.17) is 0 Å². The van der Waals surface area contributed by atoms with Crippen molar-refractivity contribution in [2.24, 2.45) is 0 Å². The van der Waals surface area contributed by atoms with E-state index in [0.29, 0.717) is 5.75 Å². The number of nitrogens with zero attached hydrogens (tertiary/aromatic N) is 1. The van der Waals surface area contributed by atoms with Crippen molar-refractivity contribution >= 4 is 5.69 Å². The highest BCUT2D eigenvalue weighted by Gasteiger charge is 2.31. The van der Waals surface area contributed by atoms with Gasteiger partial charge in [-0.2, -0.15) is 0 Å². The first-order valence-corrected chi connectivity index (χ1v) is 6.92. The molecule has 0 aliphatic carbocycles. The Morgan fingerprint density at radius 3 is 1.63 bits per heavy atom. The molecule has 1 N–H and O–H groups in total. The molecular formula is C17H29NO. The van der Waals surface area contributed by atoms with Crippen molar-refractivity contribution in [3.05, 3.63) is 22.8 Å². The number of rotatable bonds is 1. The van der Waals surface area contributed by atoms with Gasteiger partial charge in [0.2, 0.25) is 0 Å². The van der Waals surface area contributed by atoms with Crippen LogP contribution < -0.4 is 4.90 Å². The van der Waals surface area contributed by atoms with Crippen molar-refractivity contribution in [1.82, 2.24) is 0 Å². The molecule has 0 heterocycles. The number of benzene rings is 1. The minimum absolute atomic E-state index is 0.0228. The summed E-state index contributed by atoms with van der Waals surface area (Å²) in [5, 5.41) is 10.7. The first-order chi connectivity index (χ1) is 8.37. The zero-order valence-electron chi connectivity index (χ0n) is 14.0. The van der Waals surface area contributed by atoms with Gasteiger partial charge in [0.15, 0.2) is 0 Å². The van der Waals surface area contributed by atoms with Crippen LogP contribution in [0, 0.1) is 6.92 Å². The Labute approximate surface area is 118 Å². The summed E-state index contributed by atoms with van der Waals surface area (Å²) >= 11 is 0. The van der Waals surface area contributed by atoms with Gasteiger partial charge in [0.1, 0.15) is 5.75 Å². The van der Waals surface area contributed by atoms with Gasteiger partial charge in [-0.05, 0) is 34.9 Å². The van der Waals surface area contributed by atoms with Gasteiger partial charge in [-0.25, -0.2) is 0 Å². The first-order valence-electron chi connectivity index (χ1n) is 6.92. The Hall–Kier alpha value is -1.18. The van der Waals surface area contributed by atoms with E-state index in [1.807, 2.05) is 19.0 Å². The lowest BCUT2D eigenvalue weighted by Crippen LogP contribution is -2.25. The fourth-order valence-corrected chi connectivity index (χ4v) is 2.83. The fraction of sp³-hybridized carbons (Fsp3) is 0.647. The summed E-state index contributed by atoms with van der Waals surface area (Å²) in [5.74, 6) is 0.424. The van der Waals surface area contributed by atoms with Gasteiger partial charge in [-0.1, -0.05) is 41.5 Å². The van der Waals surface area contributed by atoms with Crippen LogP contribution in [0.3, 0.4) is 0 Å². The Morgan fingerprint density at radius 1 is 0.895 bits per heavy atom. The molecule has 1 rings (SSSR count). The van der Waals surface area contributed by atoms with Gasteiger partial charge in [0, 0.05) is 19.7 Å². The van der Waals surface area contributed by atoms with Gasteiger partial charge in [-0.3, -0.25) is 0 Å². The molecule has 0 aliphatic heterocycles. The van der Waals surface area contributed by atoms with Gasteiger partial charge in [0.05, 0.1) is 5.69 Å². The van der Waals surface area contributed by atoms with Crippen molar-refractivity contribution in [2.75, 3.05) is 19.0 Å². The van der Waals surface area contributed by atoms with Gasteiger partial charge < -0.3 is 10.0 Å². The van der Waals surface area contributed by atoms with E-state index in [1.54, 1.807) is 0 Å². The Kier molecular flexibility index (Phi) is 3.96. The Balaban J connectivity index is 3.81. The third-order valence-corrected chi connectivity index (χ3v) is 3.46. The SMILES string of the molecule is Cc1cc(N(C)C)c(O)c(C(C)(C)C)c1C(C)(C)C. The highest BCUT2D eigenvalue weighted by Crippen LogP contribution is 2.45. The molecule has 0 aliphatic rings. The molecule has 1 aromatic carbocycles. The van der Waals surface area contributed by atoms with E-state index in [-0.39, 0.29) is 10.8 Å². The molecule has 0 atom stereocenters. The molecule has 1 aromatic rings. The highest BCUT2D eigenvalue weighted by molar-refractivity contribution is 5.67. The maximum atomic E-state index is 10.7. The van der Waals surface area contributed by atoms with Crippen LogP contribution in [0.2, 0.25) is 0 Å². The minimum Gasteiger partial charge on any atom is -0.505 e. The van der Waals surface area contributed by atoms with Gasteiger partial charge in [-0.15, -0.1) is 0 Å². The highest BCUT2D eigenvalue weighted by atomic mass is 16.3. The lowest BCUT2D eigenvalue weighted by atomic mass is 9.72. The number of aryl methyl sites for hydroxylation is 1. The molecule has 0 bridgehead atoms. The van der Waals surface area contributed by atoms with Crippen LogP contribution in [0.5, 0.6) is 5.75 Å². The average molecular weight is 263 g/mol. The van der Waals surface area contributed by atoms with Crippen LogP contribution in [0.4, 0.5) is 5.69 Å². The molecule has 0 unspecified atom stereocenters. The summed E-state index contributed by atoms with van der Waals surface area (Å²) in [6.45, 7) is 15.3. The molecule has 0 spiro atoms. The smallest absolute Gasteiger partial charge is 0.142 e. The number of phenolic OH excluding ortho intramolecular Hbond substituents is 1. The van der Waals surface area contributed by atoms with E-state index in [1.165, 1.54) is 11.1 Å². The molecule has 0 fully saturated rings. The number of anilines is 1. The quantitative estimate of drug-likeness (QED) is 0.813. The van der Waals surface area contributed by atoms with Gasteiger partial charge in [0.25, 0.3) is 0 Å². The van der Waals surface area contributed by atoms with E-state index in [9.17, 15) is 5.11 Å². The molecule has 2 nitrogen and oxygen atoms in total. The zero-order chi connectivity index (χ0) is 15.2. The average Bonchev–Trinajstić information content (AvgIpc) is 2.16. The molecule has 19 heavy (non-hydrogen) atoms. The number of hydrogen-bond acceptors (Lipinski definition) is 2. The molecule has 0 amide bonds. The number of hydrogen-bond donors (Lipinski definition) is 1. The standard InChI is InChI=1S/C17H29NO/c1-11-10-12(18(8)9)15(19)14(17(5,6)7)13(11)16(2,3)4/h10,19H,1-9H3. The van der Waals surface area contributed by atoms with E-state index in [2.05, 4.69) is 54.5 Å². The summed E-state index contributed by atoms with van der Waals surface area (Å²) in [4.78, 5) is 1.98. The Bertz CT molecular complexity index is 474. The van der Waals surface area contributed by atoms with Crippen molar-refractivity contribution in [2.45, 2.75) is 59.3 Å². The fourth-order valence-electron chi connectivity index (χ4n) is 2.83. The van der Waals surface area contributed by atoms with Crippen molar-refractivity contribution in [1.29, 1.82) is 0 Å². The zero-order valence-corrected chi connectivity index (χ0v) is 14.0. The largest absolute Gasteiger partial charge is 0.505 e. The maximum Gasteiger partial charge on any atom is 0.142 e. The van der Waals surface area contributed by atoms with Crippen molar-refractivity contribution < 1.29 is 5.11 Å². The minimum atomic E-state index is -0.0799. The Morgan fingerprint density at radius 2 is 1.32 bits per heavy atom. The monoisotopic (exact) mass is 263 g/mol. The molecule has 2 heteroatoms. The summed E-state index contributed by atoms with van der Waals surface area (Å²) in [6.07, 6.45) is 0. The summed E-state index contributed by atoms with van der Waals surface area (Å²) < 4.78 is 0. The topological polar surface area (TPSA) is 23.5 Å². The normalized spacial score (nSPS) is 12.7. The predicted molar refractivity (Wildman–Crippen MR) is 84.6 cm³/mol. The third kappa shape index (κ3) is 3.05. The van der Waals surface area contributed by atoms with E-state index in [0.717, 1.165) is 11.3 Å². The van der Waals surface area contributed by atoms with Crippen LogP contribution in [0.25, 0.3) is 0 Å².